The number of rotatable bonds is 12. The van der Waals surface area contributed by atoms with E-state index >= 15 is 0 Å². The van der Waals surface area contributed by atoms with Crippen molar-refractivity contribution in [2.24, 2.45) is 0 Å². The minimum absolute atomic E-state index is 0.130. The highest BCUT2D eigenvalue weighted by Gasteiger charge is 2.21. The van der Waals surface area contributed by atoms with Gasteiger partial charge in [-0.2, -0.15) is 0 Å². The van der Waals surface area contributed by atoms with Crippen molar-refractivity contribution in [1.29, 1.82) is 0 Å². The van der Waals surface area contributed by atoms with E-state index in [1.54, 1.807) is 19.1 Å². The van der Waals surface area contributed by atoms with E-state index in [9.17, 15) is 4.79 Å². The van der Waals surface area contributed by atoms with Crippen molar-refractivity contribution < 1.29 is 14.1 Å². The zero-order valence-corrected chi connectivity index (χ0v) is 24.7. The lowest BCUT2D eigenvalue weighted by Crippen LogP contribution is -2.26. The number of anilines is 1. The first-order valence-corrected chi connectivity index (χ1v) is 13.8. The van der Waals surface area contributed by atoms with Crippen molar-refractivity contribution in [2.45, 2.75) is 46.8 Å². The van der Waals surface area contributed by atoms with Crippen molar-refractivity contribution in [3.63, 3.8) is 0 Å². The molecule has 3 heterocycles. The third-order valence-corrected chi connectivity index (χ3v) is 7.04. The molecule has 9 nitrogen and oxygen atoms in total. The van der Waals surface area contributed by atoms with Gasteiger partial charge >= 0.3 is 0 Å². The maximum absolute atomic E-state index is 13.9. The van der Waals surface area contributed by atoms with E-state index in [4.69, 9.17) is 19.2 Å². The molecule has 1 amide bonds. The van der Waals surface area contributed by atoms with E-state index in [1.807, 2.05) is 44.2 Å². The Hall–Kier alpha value is -3.82. The number of carbonyl (C=O) groups excluding carboxylic acids is 1. The first kappa shape index (κ1) is 29.2. The highest BCUT2D eigenvalue weighted by molar-refractivity contribution is 6.07. The Morgan fingerprint density at radius 2 is 1.77 bits per heavy atom. The second-order valence-corrected chi connectivity index (χ2v) is 10.3. The summed E-state index contributed by atoms with van der Waals surface area (Å²) in [6.45, 7) is 8.63. The summed E-state index contributed by atoms with van der Waals surface area (Å²) < 4.78 is 10.9. The zero-order valence-electron chi connectivity index (χ0n) is 24.7. The van der Waals surface area contributed by atoms with Gasteiger partial charge in [0, 0.05) is 38.2 Å². The Balaban J connectivity index is 1.74. The third-order valence-electron chi connectivity index (χ3n) is 7.04. The number of aryl methyl sites for hydroxylation is 2. The number of hydrogen-bond acceptors (Lipinski definition) is 8. The molecule has 9 heteroatoms. The molecule has 0 radical (unpaired) electrons. The van der Waals surface area contributed by atoms with Crippen LogP contribution in [0.5, 0.6) is 0 Å². The van der Waals surface area contributed by atoms with Crippen LogP contribution >= 0.6 is 0 Å². The van der Waals surface area contributed by atoms with Crippen molar-refractivity contribution in [2.75, 3.05) is 46.7 Å². The van der Waals surface area contributed by atoms with Crippen LogP contribution in [0.3, 0.4) is 0 Å². The molecule has 0 aliphatic heterocycles. The molecule has 0 aliphatic carbocycles. The summed E-state index contributed by atoms with van der Waals surface area (Å²) >= 11 is 0. The van der Waals surface area contributed by atoms with Gasteiger partial charge < -0.3 is 24.4 Å². The number of ether oxygens (including phenoxy) is 1. The Morgan fingerprint density at radius 1 is 1.00 bits per heavy atom. The van der Waals surface area contributed by atoms with Crippen molar-refractivity contribution in [1.82, 2.24) is 24.9 Å². The topological polar surface area (TPSA) is 96.6 Å². The maximum atomic E-state index is 13.9. The highest BCUT2D eigenvalue weighted by atomic mass is 16.5. The van der Waals surface area contributed by atoms with Gasteiger partial charge in [-0.1, -0.05) is 25.1 Å². The molecule has 0 saturated heterocycles. The monoisotopic (exact) mass is 544 g/mol. The van der Waals surface area contributed by atoms with Crippen LogP contribution in [0.25, 0.3) is 22.3 Å². The molecule has 0 aliphatic rings. The smallest absolute Gasteiger partial charge is 0.254 e. The first-order chi connectivity index (χ1) is 19.2. The molecular weight excluding hydrogens is 504 g/mol. The minimum atomic E-state index is -0.130. The molecule has 0 fully saturated rings. The minimum Gasteiger partial charge on any atom is -0.382 e. The summed E-state index contributed by atoms with van der Waals surface area (Å²) in [4.78, 5) is 27.6. The highest BCUT2D eigenvalue weighted by Crippen LogP contribution is 2.28. The maximum Gasteiger partial charge on any atom is 0.254 e. The number of hydrogen-bond donors (Lipinski definition) is 1. The first-order valence-electron chi connectivity index (χ1n) is 13.8. The summed E-state index contributed by atoms with van der Waals surface area (Å²) in [5.41, 5.74) is 7.52. The fourth-order valence-corrected chi connectivity index (χ4v) is 4.70. The normalized spacial score (nSPS) is 11.4. The molecule has 40 heavy (non-hydrogen) atoms. The van der Waals surface area contributed by atoms with Gasteiger partial charge in [0.05, 0.1) is 52.7 Å². The van der Waals surface area contributed by atoms with Crippen LogP contribution < -0.4 is 5.32 Å². The lowest BCUT2D eigenvalue weighted by Gasteiger charge is -2.19. The van der Waals surface area contributed by atoms with Crippen LogP contribution in [-0.2, 0) is 30.7 Å². The standard InChI is InChI=1S/C31H40N6O3/c1-8-24-20(3)30(40-35-24)18-37(6)31(38)23-17-29(34-26-11-10-21(19-39-7)16-22(23)26)28-13-12-27(25(9-2)33-28)32-14-15-36(4)5/h10-13,16-17,32H,8-9,14-15,18-19H2,1-7H3. The van der Waals surface area contributed by atoms with Crippen molar-refractivity contribution >= 4 is 22.5 Å². The lowest BCUT2D eigenvalue weighted by molar-refractivity contribution is 0.0774. The predicted molar refractivity (Wildman–Crippen MR) is 159 cm³/mol. The van der Waals surface area contributed by atoms with E-state index in [0.29, 0.717) is 30.2 Å². The molecule has 4 aromatic rings. The molecule has 4 rings (SSSR count). The molecule has 0 atom stereocenters. The second-order valence-electron chi connectivity index (χ2n) is 10.3. The van der Waals surface area contributed by atoms with Crippen LogP contribution in [0, 0.1) is 6.92 Å². The number of fused-ring (bicyclic) bond motifs is 1. The molecular formula is C31H40N6O3. The van der Waals surface area contributed by atoms with Gasteiger partial charge in [0.1, 0.15) is 0 Å². The number of amides is 1. The van der Waals surface area contributed by atoms with E-state index in [1.165, 1.54) is 0 Å². The Bertz CT molecular complexity index is 1480. The number of nitrogens with one attached hydrogen (secondary N) is 1. The fraction of sp³-hybridized carbons (Fsp3) is 0.419. The summed E-state index contributed by atoms with van der Waals surface area (Å²) in [5.74, 6) is 0.563. The fourth-order valence-electron chi connectivity index (χ4n) is 4.70. The van der Waals surface area contributed by atoms with Crippen LogP contribution in [0.2, 0.25) is 0 Å². The molecule has 0 bridgehead atoms. The van der Waals surface area contributed by atoms with Gasteiger partial charge in [0.15, 0.2) is 5.76 Å². The van der Waals surface area contributed by atoms with Gasteiger partial charge in [-0.15, -0.1) is 0 Å². The van der Waals surface area contributed by atoms with Crippen LogP contribution in [0.1, 0.15) is 52.5 Å². The number of nitrogens with zero attached hydrogens (tertiary/aromatic N) is 5. The van der Waals surface area contributed by atoms with E-state index in [0.717, 1.165) is 70.7 Å². The van der Waals surface area contributed by atoms with Gasteiger partial charge in [0.2, 0.25) is 0 Å². The van der Waals surface area contributed by atoms with Crippen LogP contribution in [-0.4, -0.2) is 72.2 Å². The molecule has 0 unspecified atom stereocenters. The summed E-state index contributed by atoms with van der Waals surface area (Å²) in [6, 6.07) is 11.8. The number of carbonyl (C=O) groups is 1. The average molecular weight is 545 g/mol. The molecule has 1 aromatic carbocycles. The van der Waals surface area contributed by atoms with Gasteiger partial charge in [-0.25, -0.2) is 9.97 Å². The lowest BCUT2D eigenvalue weighted by atomic mass is 10.0. The number of benzene rings is 1. The van der Waals surface area contributed by atoms with Gasteiger partial charge in [-0.3, -0.25) is 4.79 Å². The SMILES string of the molecule is CCc1nc(-c2cc(C(=O)N(C)Cc3onc(CC)c3C)c3cc(COC)ccc3n2)ccc1NCCN(C)C. The Kier molecular flexibility index (Phi) is 9.50. The molecule has 0 saturated carbocycles. The zero-order chi connectivity index (χ0) is 28.8. The Morgan fingerprint density at radius 3 is 2.45 bits per heavy atom. The summed E-state index contributed by atoms with van der Waals surface area (Å²) in [5, 5.41) is 8.42. The molecule has 1 N–H and O–H groups in total. The largest absolute Gasteiger partial charge is 0.382 e. The van der Waals surface area contributed by atoms with Crippen molar-refractivity contribution in [3.05, 3.63) is 70.2 Å². The molecule has 212 valence electrons. The molecule has 0 spiro atoms. The quantitative estimate of drug-likeness (QED) is 0.263. The van der Waals surface area contributed by atoms with Gasteiger partial charge in [0.25, 0.3) is 5.91 Å². The van der Waals surface area contributed by atoms with E-state index in [2.05, 4.69) is 42.5 Å². The van der Waals surface area contributed by atoms with E-state index < -0.39 is 0 Å². The Labute approximate surface area is 236 Å². The number of aromatic nitrogens is 3. The summed E-state index contributed by atoms with van der Waals surface area (Å²) in [6.07, 6.45) is 1.56. The number of methoxy groups -OCH3 is 1. The summed E-state index contributed by atoms with van der Waals surface area (Å²) in [7, 11) is 7.55. The number of likely N-dealkylation sites (N-methyl/N-ethyl adjacent to an activating group) is 1. The third kappa shape index (κ3) is 6.48. The van der Waals surface area contributed by atoms with Crippen LogP contribution in [0.15, 0.2) is 40.9 Å². The van der Waals surface area contributed by atoms with Crippen LogP contribution in [0.4, 0.5) is 5.69 Å². The van der Waals surface area contributed by atoms with E-state index in [-0.39, 0.29) is 5.91 Å². The number of pyridine rings is 2. The van der Waals surface area contributed by atoms with Gasteiger partial charge in [-0.05, 0) is 69.8 Å². The average Bonchev–Trinajstić information content (AvgIpc) is 3.30. The predicted octanol–water partition coefficient (Wildman–Crippen LogP) is 5.11. The van der Waals surface area contributed by atoms with Crippen molar-refractivity contribution in [3.8, 4) is 11.4 Å². The second kappa shape index (κ2) is 13.0. The molecule has 3 aromatic heterocycles.